The fourth-order valence-electron chi connectivity index (χ4n) is 5.02. The van der Waals surface area contributed by atoms with Gasteiger partial charge in [-0.05, 0) is 57.1 Å². The minimum atomic E-state index is -1.29. The zero-order valence-corrected chi connectivity index (χ0v) is 24.0. The monoisotopic (exact) mass is 553 g/mol. The van der Waals surface area contributed by atoms with E-state index in [1.807, 2.05) is 32.2 Å². The molecule has 0 radical (unpaired) electrons. The number of carbonyl (C=O) groups is 2. The van der Waals surface area contributed by atoms with E-state index < -0.39 is 40.7 Å². The number of halogens is 1. The number of hydrogen-bond acceptors (Lipinski definition) is 8. The maximum Gasteiger partial charge on any atom is 0.309 e. The summed E-state index contributed by atoms with van der Waals surface area (Å²) >= 11 is 8.26. The lowest BCUT2D eigenvalue weighted by Crippen LogP contribution is -2.46. The van der Waals surface area contributed by atoms with Crippen molar-refractivity contribution in [3.63, 3.8) is 0 Å². The zero-order valence-electron chi connectivity index (χ0n) is 22.4. The number of nitrogens with zero attached hydrogens (tertiary/aromatic N) is 1. The molecule has 1 aromatic heterocycles. The maximum absolute atomic E-state index is 13.5. The van der Waals surface area contributed by atoms with Crippen LogP contribution in [0.1, 0.15) is 76.9 Å². The van der Waals surface area contributed by atoms with Gasteiger partial charge in [0.2, 0.25) is 0 Å². The fourth-order valence-corrected chi connectivity index (χ4v) is 5.92. The molecule has 2 N–H and O–H groups in total. The first-order chi connectivity index (χ1) is 17.3. The predicted molar refractivity (Wildman–Crippen MR) is 145 cm³/mol. The Morgan fingerprint density at radius 2 is 2.05 bits per heavy atom. The van der Waals surface area contributed by atoms with Crippen LogP contribution in [0.5, 0.6) is 0 Å². The Hall–Kier alpha value is -1.58. The molecular formula is C28H40ClNO6S. The fraction of sp³-hybridized carbons (Fsp3) is 0.679. The van der Waals surface area contributed by atoms with Gasteiger partial charge < -0.3 is 19.7 Å². The molecule has 7 atom stereocenters. The predicted octanol–water partition coefficient (Wildman–Crippen LogP) is 5.21. The smallest absolute Gasteiger partial charge is 0.309 e. The van der Waals surface area contributed by atoms with Gasteiger partial charge in [-0.3, -0.25) is 9.59 Å². The maximum atomic E-state index is 13.5. The molecule has 0 amide bonds. The molecule has 37 heavy (non-hydrogen) atoms. The summed E-state index contributed by atoms with van der Waals surface area (Å²) in [6.07, 6.45) is 2.61. The van der Waals surface area contributed by atoms with Crippen molar-refractivity contribution in [3.8, 4) is 0 Å². The number of cyclic esters (lactones) is 1. The number of ketones is 1. The van der Waals surface area contributed by atoms with Crippen molar-refractivity contribution in [1.82, 2.24) is 4.98 Å². The number of fused-ring (bicyclic) bond motifs is 1. The van der Waals surface area contributed by atoms with Crippen LogP contribution in [0.15, 0.2) is 23.6 Å². The SMILES string of the molecule is C=CC[C@H]1C(=O)C(C)(C)[C@@H](O)CC(=O)O[C@H](/C(C)=C/c2csc(C)n2)CC2OC2(Cl)CCC[C@H](C)[C@@H]1O. The summed E-state index contributed by atoms with van der Waals surface area (Å²) in [5.74, 6) is -1.83. The second-order valence-corrected chi connectivity index (χ2v) is 12.8. The molecule has 7 nitrogen and oxygen atoms in total. The van der Waals surface area contributed by atoms with Crippen LogP contribution >= 0.6 is 22.9 Å². The van der Waals surface area contributed by atoms with Gasteiger partial charge in [0.25, 0.3) is 0 Å². The van der Waals surface area contributed by atoms with Gasteiger partial charge in [-0.25, -0.2) is 4.98 Å². The number of aryl methyl sites for hydroxylation is 1. The summed E-state index contributed by atoms with van der Waals surface area (Å²) < 4.78 is 11.7. The van der Waals surface area contributed by atoms with Crippen LogP contribution in [0.2, 0.25) is 0 Å². The Bertz CT molecular complexity index is 1020. The van der Waals surface area contributed by atoms with Gasteiger partial charge in [-0.1, -0.05) is 38.4 Å². The van der Waals surface area contributed by atoms with Gasteiger partial charge in [0.1, 0.15) is 18.0 Å². The van der Waals surface area contributed by atoms with Gasteiger partial charge in [0.15, 0.2) is 5.06 Å². The lowest BCUT2D eigenvalue weighted by molar-refractivity contribution is -0.154. The van der Waals surface area contributed by atoms with Gasteiger partial charge in [0.05, 0.1) is 34.7 Å². The summed E-state index contributed by atoms with van der Waals surface area (Å²) in [5.41, 5.74) is 0.306. The van der Waals surface area contributed by atoms with Crippen LogP contribution in [-0.2, 0) is 19.1 Å². The number of Topliss-reactive ketones (excluding diaryl/α,β-unsaturated/α-hetero) is 1. The highest BCUT2D eigenvalue weighted by atomic mass is 35.5. The second-order valence-electron chi connectivity index (χ2n) is 11.1. The summed E-state index contributed by atoms with van der Waals surface area (Å²) in [6, 6.07) is 0. The molecule has 2 fully saturated rings. The van der Waals surface area contributed by atoms with Crippen LogP contribution in [0.3, 0.4) is 0 Å². The number of aliphatic hydroxyl groups excluding tert-OH is 2. The number of aliphatic hydroxyl groups is 2. The van der Waals surface area contributed by atoms with E-state index in [0.29, 0.717) is 25.7 Å². The van der Waals surface area contributed by atoms with Crippen molar-refractivity contribution in [2.45, 2.75) is 103 Å². The van der Waals surface area contributed by atoms with Gasteiger partial charge in [-0.2, -0.15) is 0 Å². The molecule has 2 aliphatic rings. The van der Waals surface area contributed by atoms with Crippen molar-refractivity contribution in [2.75, 3.05) is 0 Å². The number of ether oxygens (including phenoxy) is 2. The van der Waals surface area contributed by atoms with Crippen LogP contribution in [-0.4, -0.2) is 56.4 Å². The average molecular weight is 554 g/mol. The Morgan fingerprint density at radius 3 is 2.68 bits per heavy atom. The lowest BCUT2D eigenvalue weighted by Gasteiger charge is -2.35. The normalized spacial score (nSPS) is 35.9. The molecule has 3 rings (SSSR count). The first-order valence-electron chi connectivity index (χ1n) is 13.0. The molecule has 0 saturated carbocycles. The molecule has 2 saturated heterocycles. The molecule has 2 aliphatic heterocycles. The molecule has 0 spiro atoms. The largest absolute Gasteiger partial charge is 0.458 e. The van der Waals surface area contributed by atoms with Crippen molar-refractivity contribution < 1.29 is 29.3 Å². The molecular weight excluding hydrogens is 514 g/mol. The van der Waals surface area contributed by atoms with Gasteiger partial charge in [-0.15, -0.1) is 17.9 Å². The van der Waals surface area contributed by atoms with Crippen molar-refractivity contribution in [3.05, 3.63) is 34.3 Å². The van der Waals surface area contributed by atoms with E-state index in [1.54, 1.807) is 19.9 Å². The topological polar surface area (TPSA) is 109 Å². The Kier molecular flexibility index (Phi) is 9.78. The van der Waals surface area contributed by atoms with E-state index in [-0.39, 0.29) is 30.6 Å². The van der Waals surface area contributed by atoms with Crippen LogP contribution < -0.4 is 0 Å². The van der Waals surface area contributed by atoms with Gasteiger partial charge >= 0.3 is 5.97 Å². The average Bonchev–Trinajstić information content (AvgIpc) is 3.27. The Morgan fingerprint density at radius 1 is 1.35 bits per heavy atom. The van der Waals surface area contributed by atoms with E-state index in [4.69, 9.17) is 21.1 Å². The molecule has 206 valence electrons. The Labute approximate surface area is 228 Å². The third-order valence-electron chi connectivity index (χ3n) is 7.74. The van der Waals surface area contributed by atoms with Crippen LogP contribution in [0.25, 0.3) is 6.08 Å². The number of rotatable bonds is 4. The highest BCUT2D eigenvalue weighted by Gasteiger charge is 2.55. The molecule has 0 bridgehead atoms. The highest BCUT2D eigenvalue weighted by molar-refractivity contribution is 7.09. The van der Waals surface area contributed by atoms with Crippen LogP contribution in [0, 0.1) is 24.2 Å². The van der Waals surface area contributed by atoms with Crippen LogP contribution in [0.4, 0.5) is 0 Å². The summed E-state index contributed by atoms with van der Waals surface area (Å²) in [5, 5.41) is 24.1. The highest BCUT2D eigenvalue weighted by Crippen LogP contribution is 2.48. The number of alkyl halides is 1. The van der Waals surface area contributed by atoms with E-state index in [0.717, 1.165) is 16.3 Å². The quantitative estimate of drug-likeness (QED) is 0.228. The summed E-state index contributed by atoms with van der Waals surface area (Å²) in [6.45, 7) is 12.7. The van der Waals surface area contributed by atoms with Crippen molar-refractivity contribution >= 4 is 40.8 Å². The van der Waals surface area contributed by atoms with E-state index in [1.165, 1.54) is 11.3 Å². The molecule has 0 aliphatic carbocycles. The number of thiazole rings is 1. The minimum absolute atomic E-state index is 0.170. The lowest BCUT2D eigenvalue weighted by atomic mass is 9.71. The zero-order chi connectivity index (χ0) is 27.5. The number of hydrogen-bond donors (Lipinski definition) is 2. The Balaban J connectivity index is 1.88. The standard InChI is InChI=1S/C28H40ClNO6S/c1-7-9-20-25(33)16(2)10-8-11-28(29)23(36-28)13-21(17(3)12-19-15-37-18(4)30-19)35-24(32)14-22(31)27(5,6)26(20)34/h7,12,15-16,20-23,25,31,33H,1,8-11,13-14H2,2-6H3/b17-12+/t16-,20+,21-,22-,23?,25-,28?/m0/s1. The third kappa shape index (κ3) is 7.30. The van der Waals surface area contributed by atoms with Crippen molar-refractivity contribution in [2.24, 2.45) is 17.3 Å². The third-order valence-corrected chi connectivity index (χ3v) is 9.05. The molecule has 3 heterocycles. The number of epoxide rings is 1. The molecule has 1 aromatic rings. The van der Waals surface area contributed by atoms with Crippen molar-refractivity contribution in [1.29, 1.82) is 0 Å². The summed E-state index contributed by atoms with van der Waals surface area (Å²) in [7, 11) is 0. The molecule has 9 heteroatoms. The van der Waals surface area contributed by atoms with E-state index in [9.17, 15) is 19.8 Å². The second kappa shape index (κ2) is 12.1. The first-order valence-corrected chi connectivity index (χ1v) is 14.2. The summed E-state index contributed by atoms with van der Waals surface area (Å²) in [4.78, 5) is 31.0. The number of allylic oxidation sites excluding steroid dienone is 1. The molecule has 2 unspecified atom stereocenters. The number of carbonyl (C=O) groups excluding carboxylic acids is 2. The van der Waals surface area contributed by atoms with Gasteiger partial charge in [0, 0.05) is 17.7 Å². The molecule has 0 aromatic carbocycles. The van der Waals surface area contributed by atoms with E-state index in [2.05, 4.69) is 11.6 Å². The number of aromatic nitrogens is 1. The minimum Gasteiger partial charge on any atom is -0.458 e. The first kappa shape index (κ1) is 30.0. The number of esters is 1. The van der Waals surface area contributed by atoms with E-state index >= 15 is 0 Å².